The standard InChI is InChI=1S/C38H43N3O8/c1-24-9-8-12-27(43)11-5-3-4-10-26-21-32(44)36(37(46)35(26)38(47)49-24)29(25-15-17-28(48-2)18-16-25)22-34(45)39-19-20-41-31-14-7-6-13-30(31)40-33(41)23-42/h4,6-7,10,13-18,21,24,29,42,44,46H,3,5,8-9,11-12,19-20,22-23H2,1-2H3,(H,39,45)/t24-,29?/m0/s1. The Kier molecular flexibility index (Phi) is 11.7. The summed E-state index contributed by atoms with van der Waals surface area (Å²) in [6.07, 6.45) is 5.90. The summed E-state index contributed by atoms with van der Waals surface area (Å²) in [5.74, 6) is -1.50. The van der Waals surface area contributed by atoms with E-state index in [2.05, 4.69) is 10.3 Å². The monoisotopic (exact) mass is 669 g/mol. The summed E-state index contributed by atoms with van der Waals surface area (Å²) in [5, 5.41) is 36.0. The minimum atomic E-state index is -0.855. The molecule has 0 saturated heterocycles. The second kappa shape index (κ2) is 16.3. The van der Waals surface area contributed by atoms with Crippen molar-refractivity contribution in [2.75, 3.05) is 13.7 Å². The molecule has 0 fully saturated rings. The number of aliphatic hydroxyl groups is 1. The molecule has 258 valence electrons. The van der Waals surface area contributed by atoms with Crippen LogP contribution in [0, 0.1) is 0 Å². The van der Waals surface area contributed by atoms with Crippen molar-refractivity contribution in [2.24, 2.45) is 0 Å². The van der Waals surface area contributed by atoms with E-state index in [1.165, 1.54) is 13.2 Å². The van der Waals surface area contributed by atoms with Gasteiger partial charge in [0.25, 0.3) is 0 Å². The first-order chi connectivity index (χ1) is 23.7. The quantitative estimate of drug-likeness (QED) is 0.162. The maximum Gasteiger partial charge on any atom is 0.342 e. The molecule has 0 bridgehead atoms. The second-order valence-electron chi connectivity index (χ2n) is 12.3. The van der Waals surface area contributed by atoms with Crippen molar-refractivity contribution >= 4 is 34.8 Å². The minimum absolute atomic E-state index is 0.0203. The van der Waals surface area contributed by atoms with Crippen molar-refractivity contribution in [1.82, 2.24) is 14.9 Å². The van der Waals surface area contributed by atoms with Gasteiger partial charge in [-0.3, -0.25) is 9.59 Å². The molecule has 1 amide bonds. The number of aliphatic hydroxyl groups excluding tert-OH is 1. The SMILES string of the molecule is COc1ccc(C(CC(=O)NCCn2c(CO)nc3ccccc32)c2c(O)cc3c(c2O)C(=O)O[C@@H](C)CCCC(=O)CCCC=C3)cc1. The molecule has 0 aliphatic carbocycles. The number of aromatic nitrogens is 2. The minimum Gasteiger partial charge on any atom is -0.507 e. The highest BCUT2D eigenvalue weighted by molar-refractivity contribution is 5.98. The number of hydrogen-bond donors (Lipinski definition) is 4. The fraction of sp³-hybridized carbons (Fsp3) is 0.368. The number of ketones is 1. The van der Waals surface area contributed by atoms with E-state index in [4.69, 9.17) is 9.47 Å². The molecule has 0 spiro atoms. The number of phenols is 2. The summed E-state index contributed by atoms with van der Waals surface area (Å²) >= 11 is 0. The third kappa shape index (κ3) is 8.47. The van der Waals surface area contributed by atoms with Crippen LogP contribution in [-0.2, 0) is 27.5 Å². The fourth-order valence-electron chi connectivity index (χ4n) is 6.30. The van der Waals surface area contributed by atoms with Gasteiger partial charge in [0.15, 0.2) is 0 Å². The molecule has 2 atom stereocenters. The van der Waals surface area contributed by atoms with Crippen LogP contribution in [0.4, 0.5) is 0 Å². The van der Waals surface area contributed by atoms with E-state index in [0.717, 1.165) is 11.0 Å². The Bertz CT molecular complexity index is 1830. The summed E-state index contributed by atoms with van der Waals surface area (Å²) < 4.78 is 12.9. The van der Waals surface area contributed by atoms with Crippen molar-refractivity contribution < 1.29 is 39.2 Å². The third-order valence-corrected chi connectivity index (χ3v) is 8.84. The van der Waals surface area contributed by atoms with Crippen molar-refractivity contribution in [3.8, 4) is 17.2 Å². The molecule has 1 aliphatic rings. The van der Waals surface area contributed by atoms with Crippen LogP contribution in [0.1, 0.15) is 90.7 Å². The van der Waals surface area contributed by atoms with Gasteiger partial charge in [0.1, 0.15) is 41.0 Å². The third-order valence-electron chi connectivity index (χ3n) is 8.84. The van der Waals surface area contributed by atoms with Crippen LogP contribution in [-0.4, -0.2) is 62.3 Å². The molecule has 11 heteroatoms. The number of phenolic OH excluding ortho intramolecular Hbond substituents is 2. The van der Waals surface area contributed by atoms with Crippen LogP contribution in [0.5, 0.6) is 17.2 Å². The molecule has 5 rings (SSSR count). The van der Waals surface area contributed by atoms with Crippen LogP contribution in [0.2, 0.25) is 0 Å². The maximum atomic E-state index is 13.6. The van der Waals surface area contributed by atoms with Gasteiger partial charge in [-0.15, -0.1) is 0 Å². The lowest BCUT2D eigenvalue weighted by Gasteiger charge is -2.23. The first-order valence-corrected chi connectivity index (χ1v) is 16.6. The lowest BCUT2D eigenvalue weighted by molar-refractivity contribution is -0.121. The zero-order valence-electron chi connectivity index (χ0n) is 27.9. The second-order valence-corrected chi connectivity index (χ2v) is 12.3. The van der Waals surface area contributed by atoms with Crippen molar-refractivity contribution in [2.45, 2.75) is 77.0 Å². The molecule has 1 aromatic heterocycles. The lowest BCUT2D eigenvalue weighted by Crippen LogP contribution is -2.29. The van der Waals surface area contributed by atoms with E-state index in [9.17, 15) is 29.7 Å². The van der Waals surface area contributed by atoms with E-state index in [0.29, 0.717) is 62.2 Å². The number of cyclic esters (lactones) is 1. The Hall–Kier alpha value is -5.16. The number of carbonyl (C=O) groups is 3. The van der Waals surface area contributed by atoms with Crippen molar-refractivity contribution in [3.05, 3.63) is 88.8 Å². The van der Waals surface area contributed by atoms with Gasteiger partial charge in [0.2, 0.25) is 5.91 Å². The van der Waals surface area contributed by atoms with Crippen LogP contribution >= 0.6 is 0 Å². The topological polar surface area (TPSA) is 160 Å². The van der Waals surface area contributed by atoms with E-state index in [1.54, 1.807) is 43.3 Å². The lowest BCUT2D eigenvalue weighted by atomic mass is 9.84. The summed E-state index contributed by atoms with van der Waals surface area (Å²) in [6.45, 7) is 2.07. The van der Waals surface area contributed by atoms with Crippen LogP contribution < -0.4 is 10.1 Å². The van der Waals surface area contributed by atoms with Gasteiger partial charge >= 0.3 is 5.97 Å². The molecule has 4 aromatic rings. The number of imidazole rings is 1. The molecule has 49 heavy (non-hydrogen) atoms. The molecule has 4 N–H and O–H groups in total. The number of benzene rings is 3. The van der Waals surface area contributed by atoms with Gasteiger partial charge < -0.3 is 34.7 Å². The molecule has 2 heterocycles. The number of esters is 1. The molecule has 1 unspecified atom stereocenters. The van der Waals surface area contributed by atoms with Crippen molar-refractivity contribution in [1.29, 1.82) is 0 Å². The predicted molar refractivity (Wildman–Crippen MR) is 185 cm³/mol. The molecular formula is C38H43N3O8. The zero-order chi connectivity index (χ0) is 34.9. The van der Waals surface area contributed by atoms with Crippen LogP contribution in [0.25, 0.3) is 17.1 Å². The Morgan fingerprint density at radius 2 is 1.86 bits per heavy atom. The van der Waals surface area contributed by atoms with E-state index < -0.39 is 23.7 Å². The average molecular weight is 670 g/mol. The number of carbonyl (C=O) groups excluding carboxylic acids is 3. The first-order valence-electron chi connectivity index (χ1n) is 16.6. The largest absolute Gasteiger partial charge is 0.507 e. The number of aromatic hydroxyl groups is 2. The molecule has 1 aliphatic heterocycles. The number of amides is 1. The molecule has 11 nitrogen and oxygen atoms in total. The summed E-state index contributed by atoms with van der Waals surface area (Å²) in [7, 11) is 1.54. The summed E-state index contributed by atoms with van der Waals surface area (Å²) in [4.78, 5) is 43.8. The van der Waals surface area contributed by atoms with E-state index in [-0.39, 0.29) is 53.7 Å². The Balaban J connectivity index is 1.46. The van der Waals surface area contributed by atoms with Gasteiger partial charge in [-0.2, -0.15) is 0 Å². The van der Waals surface area contributed by atoms with Gasteiger partial charge in [-0.25, -0.2) is 9.78 Å². The highest BCUT2D eigenvalue weighted by atomic mass is 16.5. The number of allylic oxidation sites excluding steroid dienone is 1. The number of methoxy groups -OCH3 is 1. The van der Waals surface area contributed by atoms with Gasteiger partial charge in [-0.1, -0.05) is 36.4 Å². The molecule has 0 radical (unpaired) electrons. The van der Waals surface area contributed by atoms with E-state index >= 15 is 0 Å². The van der Waals surface area contributed by atoms with Gasteiger partial charge in [0.05, 0.1) is 24.2 Å². The Labute approximate surface area is 285 Å². The molecule has 3 aromatic carbocycles. The number of nitrogens with zero attached hydrogens (tertiary/aromatic N) is 2. The number of fused-ring (bicyclic) bond motifs is 2. The molecule has 0 saturated carbocycles. The summed E-state index contributed by atoms with van der Waals surface area (Å²) in [5.41, 5.74) is 2.36. The number of para-hydroxylation sites is 2. The van der Waals surface area contributed by atoms with Crippen LogP contribution in [0.15, 0.2) is 60.7 Å². The smallest absolute Gasteiger partial charge is 0.342 e. The summed E-state index contributed by atoms with van der Waals surface area (Å²) in [6, 6.07) is 15.8. The number of nitrogens with one attached hydrogen (secondary N) is 1. The number of ether oxygens (including phenoxy) is 2. The van der Waals surface area contributed by atoms with E-state index in [1.807, 2.05) is 28.8 Å². The number of rotatable bonds is 9. The van der Waals surface area contributed by atoms with Crippen molar-refractivity contribution in [3.63, 3.8) is 0 Å². The normalized spacial score (nSPS) is 16.4. The van der Waals surface area contributed by atoms with Gasteiger partial charge in [-0.05, 0) is 74.1 Å². The van der Waals surface area contributed by atoms with Gasteiger partial charge in [0, 0.05) is 43.8 Å². The average Bonchev–Trinajstić information content (AvgIpc) is 3.44. The Morgan fingerprint density at radius 3 is 2.61 bits per heavy atom. The number of hydrogen-bond acceptors (Lipinski definition) is 9. The first kappa shape index (κ1) is 35.2. The predicted octanol–water partition coefficient (Wildman–Crippen LogP) is 5.77. The highest BCUT2D eigenvalue weighted by Crippen LogP contribution is 2.44. The zero-order valence-corrected chi connectivity index (χ0v) is 27.9. The highest BCUT2D eigenvalue weighted by Gasteiger charge is 2.31. The Morgan fingerprint density at radius 1 is 1.10 bits per heavy atom. The van der Waals surface area contributed by atoms with Crippen LogP contribution in [0.3, 0.4) is 0 Å². The maximum absolute atomic E-state index is 13.6. The molecular weight excluding hydrogens is 626 g/mol. The fourth-order valence-corrected chi connectivity index (χ4v) is 6.30. The number of Topliss-reactive ketones (excluding diaryl/α,β-unsaturated/α-hetero) is 1.